The molecule has 5 nitrogen and oxygen atoms in total. The van der Waals surface area contributed by atoms with Crippen LogP contribution in [-0.4, -0.2) is 15.5 Å². The number of amides is 1. The van der Waals surface area contributed by atoms with Gasteiger partial charge in [0.25, 0.3) is 0 Å². The molecule has 1 amide bonds. The Kier molecular flexibility index (Phi) is 4.17. The normalized spacial score (nSPS) is 18.5. The van der Waals surface area contributed by atoms with Crippen LogP contribution in [0.5, 0.6) is 0 Å². The van der Waals surface area contributed by atoms with Crippen LogP contribution in [0.2, 0.25) is 5.02 Å². The quantitative estimate of drug-likeness (QED) is 0.735. The van der Waals surface area contributed by atoms with E-state index in [0.29, 0.717) is 16.4 Å². The number of imidazole rings is 1. The van der Waals surface area contributed by atoms with Crippen molar-refractivity contribution in [3.05, 3.63) is 81.5 Å². The second-order valence-corrected chi connectivity index (χ2v) is 6.99. The maximum absolute atomic E-state index is 12.6. The topological polar surface area (TPSA) is 66.9 Å². The van der Waals surface area contributed by atoms with E-state index in [1.807, 2.05) is 49.4 Å². The molecular weight excluding hydrogens is 350 g/mol. The highest BCUT2D eigenvalue weighted by Crippen LogP contribution is 2.50. The summed E-state index contributed by atoms with van der Waals surface area (Å²) >= 11 is 6.23. The van der Waals surface area contributed by atoms with Crippen LogP contribution >= 0.6 is 11.6 Å². The number of carbonyl (C=O) groups excluding carboxylic acids is 1. The van der Waals surface area contributed by atoms with E-state index >= 15 is 0 Å². The van der Waals surface area contributed by atoms with Crippen LogP contribution in [-0.2, 0) is 4.79 Å². The number of aromatic amines is 1. The van der Waals surface area contributed by atoms with E-state index in [1.165, 1.54) is 0 Å². The van der Waals surface area contributed by atoms with Gasteiger partial charge in [-0.25, -0.2) is 4.79 Å². The summed E-state index contributed by atoms with van der Waals surface area (Å²) in [5.74, 6) is 0.0712. The molecule has 1 fully saturated rings. The molecule has 132 valence electrons. The molecule has 1 saturated carbocycles. The third kappa shape index (κ3) is 3.06. The fraction of sp³-hybridized carbons (Fsp3) is 0.200. The molecule has 6 heteroatoms. The number of nitrogens with one attached hydrogen (secondary N) is 2. The summed E-state index contributed by atoms with van der Waals surface area (Å²) in [6.45, 7) is 1.85. The largest absolute Gasteiger partial charge is 0.330 e. The van der Waals surface area contributed by atoms with Crippen molar-refractivity contribution in [2.75, 3.05) is 5.32 Å². The zero-order valence-electron chi connectivity index (χ0n) is 14.2. The second kappa shape index (κ2) is 6.50. The monoisotopic (exact) mass is 367 g/mol. The number of halogens is 1. The lowest BCUT2D eigenvalue weighted by atomic mass is 10.1. The first-order chi connectivity index (χ1) is 12.5. The third-order valence-electron chi connectivity index (χ3n) is 4.76. The number of carbonyl (C=O) groups is 1. The first-order valence-corrected chi connectivity index (χ1v) is 8.85. The van der Waals surface area contributed by atoms with Gasteiger partial charge in [0.1, 0.15) is 0 Å². The molecule has 3 aromatic rings. The molecule has 1 aliphatic carbocycles. The molecule has 2 unspecified atom stereocenters. The first-order valence-electron chi connectivity index (χ1n) is 8.47. The van der Waals surface area contributed by atoms with Gasteiger partial charge in [0.15, 0.2) is 0 Å². The average Bonchev–Trinajstić information content (AvgIpc) is 3.35. The molecule has 2 atom stereocenters. The van der Waals surface area contributed by atoms with E-state index in [9.17, 15) is 9.59 Å². The van der Waals surface area contributed by atoms with Gasteiger partial charge in [-0.2, -0.15) is 0 Å². The molecule has 0 saturated heterocycles. The van der Waals surface area contributed by atoms with E-state index in [-0.39, 0.29) is 23.4 Å². The maximum atomic E-state index is 12.6. The van der Waals surface area contributed by atoms with Gasteiger partial charge in [0.2, 0.25) is 5.91 Å². The summed E-state index contributed by atoms with van der Waals surface area (Å²) in [7, 11) is 0. The lowest BCUT2D eigenvalue weighted by Crippen LogP contribution is -2.17. The summed E-state index contributed by atoms with van der Waals surface area (Å²) in [5.41, 5.74) is 3.01. The van der Waals surface area contributed by atoms with Crippen LogP contribution in [0.25, 0.3) is 5.69 Å². The Bertz CT molecular complexity index is 1040. The van der Waals surface area contributed by atoms with E-state index in [2.05, 4.69) is 10.3 Å². The number of benzene rings is 2. The van der Waals surface area contributed by atoms with Crippen LogP contribution in [0.15, 0.2) is 59.5 Å². The molecule has 0 aliphatic heterocycles. The Balaban J connectivity index is 1.50. The fourth-order valence-corrected chi connectivity index (χ4v) is 3.61. The number of H-pyrrole nitrogens is 1. The Morgan fingerprint density at radius 2 is 2.04 bits per heavy atom. The van der Waals surface area contributed by atoms with Crippen molar-refractivity contribution in [1.82, 2.24) is 9.55 Å². The summed E-state index contributed by atoms with van der Waals surface area (Å²) in [5, 5.41) is 3.66. The van der Waals surface area contributed by atoms with Crippen molar-refractivity contribution in [2.45, 2.75) is 19.3 Å². The Morgan fingerprint density at radius 3 is 2.77 bits per heavy atom. The van der Waals surface area contributed by atoms with Crippen LogP contribution in [0.3, 0.4) is 0 Å². The van der Waals surface area contributed by atoms with Crippen molar-refractivity contribution >= 4 is 23.2 Å². The SMILES string of the molecule is Cc1c[nH]c(=O)n1-c1cccc(NC(=O)C2CC2c2ccccc2Cl)c1. The highest BCUT2D eigenvalue weighted by Gasteiger charge is 2.44. The zero-order chi connectivity index (χ0) is 18.3. The van der Waals surface area contributed by atoms with Gasteiger partial charge < -0.3 is 10.3 Å². The molecule has 1 aromatic heterocycles. The van der Waals surface area contributed by atoms with Gasteiger partial charge in [-0.1, -0.05) is 35.9 Å². The summed E-state index contributed by atoms with van der Waals surface area (Å²) < 4.78 is 1.57. The minimum atomic E-state index is -0.202. The summed E-state index contributed by atoms with van der Waals surface area (Å²) in [4.78, 5) is 27.2. The molecule has 2 N–H and O–H groups in total. The predicted octanol–water partition coefficient (Wildman–Crippen LogP) is 3.87. The number of anilines is 1. The molecule has 2 aromatic carbocycles. The Labute approximate surface area is 155 Å². The van der Waals surface area contributed by atoms with Crippen LogP contribution in [0, 0.1) is 12.8 Å². The van der Waals surface area contributed by atoms with Gasteiger partial charge in [-0.3, -0.25) is 9.36 Å². The lowest BCUT2D eigenvalue weighted by Gasteiger charge is -2.09. The van der Waals surface area contributed by atoms with Crippen LogP contribution in [0.4, 0.5) is 5.69 Å². The van der Waals surface area contributed by atoms with Gasteiger partial charge in [-0.05, 0) is 49.1 Å². The number of hydrogen-bond donors (Lipinski definition) is 2. The van der Waals surface area contributed by atoms with Crippen molar-refractivity contribution in [3.8, 4) is 5.69 Å². The van der Waals surface area contributed by atoms with E-state index < -0.39 is 0 Å². The van der Waals surface area contributed by atoms with Gasteiger partial charge in [-0.15, -0.1) is 0 Å². The molecular formula is C20H18ClN3O2. The molecule has 0 radical (unpaired) electrons. The van der Waals surface area contributed by atoms with Crippen molar-refractivity contribution < 1.29 is 4.79 Å². The second-order valence-electron chi connectivity index (χ2n) is 6.58. The van der Waals surface area contributed by atoms with Crippen molar-refractivity contribution in [3.63, 3.8) is 0 Å². The number of rotatable bonds is 4. The first kappa shape index (κ1) is 16.7. The van der Waals surface area contributed by atoms with Gasteiger partial charge in [0, 0.05) is 28.5 Å². The summed E-state index contributed by atoms with van der Waals surface area (Å²) in [6.07, 6.45) is 2.46. The molecule has 0 spiro atoms. The lowest BCUT2D eigenvalue weighted by molar-refractivity contribution is -0.117. The maximum Gasteiger partial charge on any atom is 0.330 e. The van der Waals surface area contributed by atoms with Crippen LogP contribution < -0.4 is 11.0 Å². The highest BCUT2D eigenvalue weighted by molar-refractivity contribution is 6.31. The number of aryl methyl sites for hydroxylation is 1. The Hall–Kier alpha value is -2.79. The molecule has 1 heterocycles. The minimum Gasteiger partial charge on any atom is -0.326 e. The highest BCUT2D eigenvalue weighted by atomic mass is 35.5. The summed E-state index contributed by atoms with van der Waals surface area (Å²) in [6, 6.07) is 14.9. The van der Waals surface area contributed by atoms with E-state index in [1.54, 1.807) is 16.8 Å². The van der Waals surface area contributed by atoms with Crippen molar-refractivity contribution in [2.24, 2.45) is 5.92 Å². The fourth-order valence-electron chi connectivity index (χ4n) is 3.34. The van der Waals surface area contributed by atoms with Crippen LogP contribution in [0.1, 0.15) is 23.6 Å². The van der Waals surface area contributed by atoms with E-state index in [4.69, 9.17) is 11.6 Å². The smallest absolute Gasteiger partial charge is 0.326 e. The van der Waals surface area contributed by atoms with Crippen molar-refractivity contribution in [1.29, 1.82) is 0 Å². The number of nitrogens with zero attached hydrogens (tertiary/aromatic N) is 1. The number of hydrogen-bond acceptors (Lipinski definition) is 2. The molecule has 0 bridgehead atoms. The minimum absolute atomic E-state index is 0.0230. The predicted molar refractivity (Wildman–Crippen MR) is 102 cm³/mol. The molecule has 4 rings (SSSR count). The third-order valence-corrected chi connectivity index (χ3v) is 5.11. The molecule has 1 aliphatic rings. The van der Waals surface area contributed by atoms with E-state index in [0.717, 1.165) is 17.7 Å². The van der Waals surface area contributed by atoms with Gasteiger partial charge in [0.05, 0.1) is 5.69 Å². The van der Waals surface area contributed by atoms with Gasteiger partial charge >= 0.3 is 5.69 Å². The standard InChI is InChI=1S/C20H18ClN3O2/c1-12-11-22-20(26)24(12)14-6-4-5-13(9-14)23-19(25)17-10-16(17)15-7-2-3-8-18(15)21/h2-9,11,16-17H,10H2,1H3,(H,22,26)(H,23,25). The zero-order valence-corrected chi connectivity index (χ0v) is 15.0. The number of aromatic nitrogens is 2. The Morgan fingerprint density at radius 1 is 1.23 bits per heavy atom. The average molecular weight is 368 g/mol. The molecule has 26 heavy (non-hydrogen) atoms.